The number of nitrogens with one attached hydrogen (secondary N) is 1. The van der Waals surface area contributed by atoms with Gasteiger partial charge in [-0.1, -0.05) is 24.3 Å². The van der Waals surface area contributed by atoms with Gasteiger partial charge in [-0.05, 0) is 48.6 Å². The Kier molecular flexibility index (Phi) is 6.10. The summed E-state index contributed by atoms with van der Waals surface area (Å²) >= 11 is 0. The molecule has 1 atom stereocenters. The van der Waals surface area contributed by atoms with Gasteiger partial charge < -0.3 is 15.8 Å². The Bertz CT molecular complexity index is 718. The van der Waals surface area contributed by atoms with E-state index in [4.69, 9.17) is 10.5 Å². The molecule has 0 aliphatic heterocycles. The number of hydrogen-bond acceptors (Lipinski definition) is 3. The summed E-state index contributed by atoms with van der Waals surface area (Å²) in [5.41, 5.74) is 9.99. The molecule has 24 heavy (non-hydrogen) atoms. The molecule has 0 bridgehead atoms. The van der Waals surface area contributed by atoms with Crippen LogP contribution in [-0.2, 0) is 17.6 Å². The standard InChI is InChI=1S/C19H22N2O2.ClH/c1-23-18-8-3-2-5-14(18)12-19(22)21-17-7-4-6-13-11-15(20)9-10-16(13)17;/h2-3,5,8-11,17H,4,6-7,12,20H2,1H3,(H,21,22);1H. The summed E-state index contributed by atoms with van der Waals surface area (Å²) in [4.78, 5) is 12.4. The zero-order valence-corrected chi connectivity index (χ0v) is 14.6. The van der Waals surface area contributed by atoms with Crippen LogP contribution < -0.4 is 15.8 Å². The Morgan fingerprint density at radius 2 is 2.08 bits per heavy atom. The smallest absolute Gasteiger partial charge is 0.225 e. The number of nitrogens with two attached hydrogens (primary N) is 1. The summed E-state index contributed by atoms with van der Waals surface area (Å²) in [6.07, 6.45) is 3.38. The average molecular weight is 347 g/mol. The number of methoxy groups -OCH3 is 1. The van der Waals surface area contributed by atoms with E-state index in [0.717, 1.165) is 36.3 Å². The molecule has 4 nitrogen and oxygen atoms in total. The fourth-order valence-electron chi connectivity index (χ4n) is 3.25. The molecule has 2 aromatic carbocycles. The first-order valence-electron chi connectivity index (χ1n) is 7.97. The maximum Gasteiger partial charge on any atom is 0.225 e. The Balaban J connectivity index is 0.00000208. The van der Waals surface area contributed by atoms with Gasteiger partial charge in [0.15, 0.2) is 0 Å². The minimum Gasteiger partial charge on any atom is -0.496 e. The molecular formula is C19H23ClN2O2. The Morgan fingerprint density at radius 3 is 2.88 bits per heavy atom. The number of fused-ring (bicyclic) bond motifs is 1. The number of anilines is 1. The maximum atomic E-state index is 12.4. The van der Waals surface area contributed by atoms with Gasteiger partial charge in [-0.3, -0.25) is 4.79 Å². The minimum absolute atomic E-state index is 0. The number of para-hydroxylation sites is 1. The van der Waals surface area contributed by atoms with Gasteiger partial charge in [0.25, 0.3) is 0 Å². The second-order valence-corrected chi connectivity index (χ2v) is 5.96. The third kappa shape index (κ3) is 4.01. The van der Waals surface area contributed by atoms with Crippen LogP contribution in [0.2, 0.25) is 0 Å². The Labute approximate surface area is 148 Å². The Hall–Kier alpha value is -2.20. The van der Waals surface area contributed by atoms with E-state index >= 15 is 0 Å². The number of amides is 1. The number of ether oxygens (including phenoxy) is 1. The third-order valence-electron chi connectivity index (χ3n) is 4.36. The van der Waals surface area contributed by atoms with Crippen LogP contribution in [0.3, 0.4) is 0 Å². The van der Waals surface area contributed by atoms with Crippen LogP contribution >= 0.6 is 12.4 Å². The molecule has 128 valence electrons. The largest absolute Gasteiger partial charge is 0.496 e. The number of benzene rings is 2. The summed E-state index contributed by atoms with van der Waals surface area (Å²) in [7, 11) is 1.62. The van der Waals surface area contributed by atoms with Crippen LogP contribution in [-0.4, -0.2) is 13.0 Å². The predicted octanol–water partition coefficient (Wildman–Crippen LogP) is 3.44. The van der Waals surface area contributed by atoms with Gasteiger partial charge in [0.2, 0.25) is 5.91 Å². The first-order valence-corrected chi connectivity index (χ1v) is 7.97. The molecule has 0 spiro atoms. The normalized spacial score (nSPS) is 15.8. The van der Waals surface area contributed by atoms with Crippen LogP contribution in [0.5, 0.6) is 5.75 Å². The van der Waals surface area contributed by atoms with Crippen molar-refractivity contribution in [1.82, 2.24) is 5.32 Å². The van der Waals surface area contributed by atoms with Gasteiger partial charge in [0.05, 0.1) is 19.6 Å². The van der Waals surface area contributed by atoms with Crippen LogP contribution in [0.1, 0.15) is 35.6 Å². The van der Waals surface area contributed by atoms with E-state index < -0.39 is 0 Å². The van der Waals surface area contributed by atoms with Crippen LogP contribution in [0.15, 0.2) is 42.5 Å². The molecule has 0 saturated carbocycles. The summed E-state index contributed by atoms with van der Waals surface area (Å²) in [6.45, 7) is 0. The molecule has 1 unspecified atom stereocenters. The van der Waals surface area contributed by atoms with Gasteiger partial charge in [-0.25, -0.2) is 0 Å². The predicted molar refractivity (Wildman–Crippen MR) is 98.6 cm³/mol. The van der Waals surface area contributed by atoms with Gasteiger partial charge in [0.1, 0.15) is 5.75 Å². The summed E-state index contributed by atoms with van der Waals surface area (Å²) in [5.74, 6) is 0.767. The van der Waals surface area contributed by atoms with Crippen LogP contribution in [0, 0.1) is 0 Å². The van der Waals surface area contributed by atoms with Gasteiger partial charge >= 0.3 is 0 Å². The average Bonchev–Trinajstić information content (AvgIpc) is 2.55. The highest BCUT2D eigenvalue weighted by molar-refractivity contribution is 5.85. The van der Waals surface area contributed by atoms with E-state index in [9.17, 15) is 4.79 Å². The van der Waals surface area contributed by atoms with E-state index in [0.29, 0.717) is 6.42 Å². The SMILES string of the molecule is COc1ccccc1CC(=O)NC1CCCc2cc(N)ccc21.Cl. The Morgan fingerprint density at radius 1 is 1.29 bits per heavy atom. The van der Waals surface area contributed by atoms with Crippen molar-refractivity contribution in [1.29, 1.82) is 0 Å². The van der Waals surface area contributed by atoms with Crippen molar-refractivity contribution >= 4 is 24.0 Å². The molecule has 0 radical (unpaired) electrons. The lowest BCUT2D eigenvalue weighted by Gasteiger charge is -2.26. The second kappa shape index (κ2) is 8.06. The van der Waals surface area contributed by atoms with Crippen molar-refractivity contribution in [3.05, 3.63) is 59.2 Å². The molecular weight excluding hydrogens is 324 g/mol. The van der Waals surface area contributed by atoms with E-state index in [2.05, 4.69) is 5.32 Å². The van der Waals surface area contributed by atoms with E-state index in [1.807, 2.05) is 42.5 Å². The second-order valence-electron chi connectivity index (χ2n) is 5.96. The van der Waals surface area contributed by atoms with Gasteiger partial charge in [-0.2, -0.15) is 0 Å². The molecule has 5 heteroatoms. The summed E-state index contributed by atoms with van der Waals surface area (Å²) in [6, 6.07) is 13.7. The highest BCUT2D eigenvalue weighted by atomic mass is 35.5. The maximum absolute atomic E-state index is 12.4. The molecule has 0 aromatic heterocycles. The zero-order valence-electron chi connectivity index (χ0n) is 13.7. The molecule has 0 heterocycles. The van der Waals surface area contributed by atoms with Crippen molar-refractivity contribution < 1.29 is 9.53 Å². The van der Waals surface area contributed by atoms with Gasteiger partial charge in [-0.15, -0.1) is 12.4 Å². The molecule has 1 aliphatic carbocycles. The molecule has 0 saturated heterocycles. The van der Waals surface area contributed by atoms with Crippen molar-refractivity contribution in [2.45, 2.75) is 31.7 Å². The number of aryl methyl sites for hydroxylation is 1. The molecule has 2 aromatic rings. The fraction of sp³-hybridized carbons (Fsp3) is 0.316. The number of rotatable bonds is 4. The van der Waals surface area contributed by atoms with Crippen molar-refractivity contribution in [2.24, 2.45) is 0 Å². The highest BCUT2D eigenvalue weighted by Gasteiger charge is 2.22. The number of halogens is 1. The zero-order chi connectivity index (χ0) is 16.2. The summed E-state index contributed by atoms with van der Waals surface area (Å²) < 4.78 is 5.31. The van der Waals surface area contributed by atoms with E-state index in [1.165, 1.54) is 11.1 Å². The van der Waals surface area contributed by atoms with Crippen molar-refractivity contribution in [3.63, 3.8) is 0 Å². The van der Waals surface area contributed by atoms with Gasteiger partial charge in [0, 0.05) is 11.3 Å². The molecule has 1 aliphatic rings. The lowest BCUT2D eigenvalue weighted by atomic mass is 9.87. The molecule has 3 N–H and O–H groups in total. The van der Waals surface area contributed by atoms with Crippen LogP contribution in [0.4, 0.5) is 5.69 Å². The first-order chi connectivity index (χ1) is 11.2. The van der Waals surface area contributed by atoms with Crippen molar-refractivity contribution in [3.8, 4) is 5.75 Å². The number of hydrogen-bond donors (Lipinski definition) is 2. The lowest BCUT2D eigenvalue weighted by Crippen LogP contribution is -2.32. The fourth-order valence-corrected chi connectivity index (χ4v) is 3.25. The summed E-state index contributed by atoms with van der Waals surface area (Å²) in [5, 5.41) is 3.16. The minimum atomic E-state index is 0. The van der Waals surface area contributed by atoms with Crippen molar-refractivity contribution in [2.75, 3.05) is 12.8 Å². The first kappa shape index (κ1) is 18.1. The number of carbonyl (C=O) groups excluding carboxylic acids is 1. The third-order valence-corrected chi connectivity index (χ3v) is 4.36. The highest BCUT2D eigenvalue weighted by Crippen LogP contribution is 2.31. The van der Waals surface area contributed by atoms with E-state index in [-0.39, 0.29) is 24.4 Å². The van der Waals surface area contributed by atoms with E-state index in [1.54, 1.807) is 7.11 Å². The molecule has 3 rings (SSSR count). The number of carbonyl (C=O) groups is 1. The quantitative estimate of drug-likeness (QED) is 0.833. The number of nitrogen functional groups attached to an aromatic ring is 1. The monoisotopic (exact) mass is 346 g/mol. The van der Waals surface area contributed by atoms with Crippen LogP contribution in [0.25, 0.3) is 0 Å². The topological polar surface area (TPSA) is 64.3 Å². The molecule has 1 amide bonds. The lowest BCUT2D eigenvalue weighted by molar-refractivity contribution is -0.121. The molecule has 0 fully saturated rings.